The number of carbonyl (C=O) groups excluding carboxylic acids is 3. The number of thiophene rings is 1. The number of nitrogens with one attached hydrogen (secondary N) is 1. The molecule has 0 spiro atoms. The van der Waals surface area contributed by atoms with Crippen LogP contribution in [0.15, 0.2) is 6.07 Å². The summed E-state index contributed by atoms with van der Waals surface area (Å²) in [7, 11) is 0. The molecule has 0 radical (unpaired) electrons. The number of carbonyl (C=O) groups is 3. The first-order valence-corrected chi connectivity index (χ1v) is 6.81. The van der Waals surface area contributed by atoms with Crippen molar-refractivity contribution in [2.24, 2.45) is 11.5 Å². The van der Waals surface area contributed by atoms with Crippen LogP contribution in [0.3, 0.4) is 0 Å². The molecule has 0 aliphatic heterocycles. The van der Waals surface area contributed by atoms with Crippen LogP contribution in [0.1, 0.15) is 33.0 Å². The monoisotopic (exact) mass is 281 g/mol. The Morgan fingerprint density at radius 1 is 1.16 bits per heavy atom. The summed E-state index contributed by atoms with van der Waals surface area (Å²) in [5, 5.41) is 2.26. The Labute approximate surface area is 114 Å². The molecule has 0 aromatic carbocycles. The zero-order valence-electron chi connectivity index (χ0n) is 10.3. The molecule has 0 saturated heterocycles. The van der Waals surface area contributed by atoms with Crippen molar-refractivity contribution in [3.8, 4) is 0 Å². The minimum atomic E-state index is -1.47. The van der Waals surface area contributed by atoms with Gasteiger partial charge >= 0.3 is 0 Å². The zero-order chi connectivity index (χ0) is 14.0. The van der Waals surface area contributed by atoms with Gasteiger partial charge in [0.15, 0.2) is 6.04 Å². The van der Waals surface area contributed by atoms with Gasteiger partial charge < -0.3 is 16.8 Å². The summed E-state index contributed by atoms with van der Waals surface area (Å²) in [5.74, 6) is -2.40. The van der Waals surface area contributed by atoms with Gasteiger partial charge in [-0.2, -0.15) is 0 Å². The third kappa shape index (κ3) is 2.93. The Morgan fingerprint density at radius 3 is 2.37 bits per heavy atom. The van der Waals surface area contributed by atoms with Gasteiger partial charge in [-0.05, 0) is 37.3 Å². The van der Waals surface area contributed by atoms with E-state index in [9.17, 15) is 14.4 Å². The minimum Gasteiger partial charge on any atom is -0.367 e. The Hall–Kier alpha value is -1.89. The summed E-state index contributed by atoms with van der Waals surface area (Å²) in [6.45, 7) is 0. The molecule has 102 valence electrons. The number of primary amides is 2. The first-order valence-electron chi connectivity index (χ1n) is 6.00. The highest BCUT2D eigenvalue weighted by Gasteiger charge is 2.26. The molecule has 1 aromatic heterocycles. The Balaban J connectivity index is 2.13. The SMILES string of the molecule is NC(=O)C(NC(=O)c1cc2c(s1)CCCC2)C(N)=O. The van der Waals surface area contributed by atoms with E-state index in [1.54, 1.807) is 0 Å². The number of fused-ring (bicyclic) bond motifs is 1. The third-order valence-electron chi connectivity index (χ3n) is 3.06. The molecule has 0 bridgehead atoms. The number of nitrogens with two attached hydrogens (primary N) is 2. The van der Waals surface area contributed by atoms with Crippen molar-refractivity contribution in [3.63, 3.8) is 0 Å². The van der Waals surface area contributed by atoms with Gasteiger partial charge in [0.05, 0.1) is 4.88 Å². The van der Waals surface area contributed by atoms with E-state index in [1.165, 1.54) is 21.8 Å². The maximum absolute atomic E-state index is 12.0. The summed E-state index contributed by atoms with van der Waals surface area (Å²) < 4.78 is 0. The highest BCUT2D eigenvalue weighted by atomic mass is 32.1. The molecule has 2 rings (SSSR count). The molecule has 1 aromatic rings. The maximum Gasteiger partial charge on any atom is 0.262 e. The standard InChI is InChI=1S/C12H15N3O3S/c13-10(16)9(11(14)17)15-12(18)8-5-6-3-1-2-4-7(6)19-8/h5,9H,1-4H2,(H2,13,16)(H2,14,17)(H,15,18). The molecule has 0 fully saturated rings. The molecule has 0 saturated carbocycles. The van der Waals surface area contributed by atoms with Crippen LogP contribution in [0.4, 0.5) is 0 Å². The second kappa shape index (κ2) is 5.40. The lowest BCUT2D eigenvalue weighted by Gasteiger charge is -2.10. The number of aryl methyl sites for hydroxylation is 2. The van der Waals surface area contributed by atoms with Gasteiger partial charge in [-0.15, -0.1) is 11.3 Å². The lowest BCUT2D eigenvalue weighted by molar-refractivity contribution is -0.128. The van der Waals surface area contributed by atoms with Crippen molar-refractivity contribution in [1.82, 2.24) is 5.32 Å². The van der Waals surface area contributed by atoms with Crippen molar-refractivity contribution in [3.05, 3.63) is 21.4 Å². The van der Waals surface area contributed by atoms with Crippen LogP contribution in [-0.2, 0) is 22.4 Å². The van der Waals surface area contributed by atoms with Crippen LogP contribution in [0.2, 0.25) is 0 Å². The van der Waals surface area contributed by atoms with Gasteiger partial charge in [0.1, 0.15) is 0 Å². The average Bonchev–Trinajstić information content (AvgIpc) is 2.78. The molecule has 0 atom stereocenters. The second-order valence-electron chi connectivity index (χ2n) is 4.48. The summed E-state index contributed by atoms with van der Waals surface area (Å²) in [5.41, 5.74) is 11.2. The van der Waals surface area contributed by atoms with Crippen LogP contribution >= 0.6 is 11.3 Å². The summed E-state index contributed by atoms with van der Waals surface area (Å²) in [6.07, 6.45) is 4.19. The first kappa shape index (κ1) is 13.5. The van der Waals surface area contributed by atoms with E-state index in [4.69, 9.17) is 11.5 Å². The number of amides is 3. The predicted octanol–water partition coefficient (Wildman–Crippen LogP) is -0.304. The van der Waals surface area contributed by atoms with Gasteiger partial charge in [0, 0.05) is 4.88 Å². The van der Waals surface area contributed by atoms with Crippen LogP contribution in [0, 0.1) is 0 Å². The van der Waals surface area contributed by atoms with Gasteiger partial charge in [0.2, 0.25) is 11.8 Å². The van der Waals surface area contributed by atoms with Crippen LogP contribution in [0.25, 0.3) is 0 Å². The van der Waals surface area contributed by atoms with E-state index in [2.05, 4.69) is 5.32 Å². The Morgan fingerprint density at radius 2 is 1.79 bits per heavy atom. The smallest absolute Gasteiger partial charge is 0.262 e. The Kier molecular flexibility index (Phi) is 3.84. The lowest BCUT2D eigenvalue weighted by Crippen LogP contribution is -2.52. The molecule has 5 N–H and O–H groups in total. The van der Waals surface area contributed by atoms with Crippen LogP contribution in [-0.4, -0.2) is 23.8 Å². The average molecular weight is 281 g/mol. The van der Waals surface area contributed by atoms with Crippen molar-refractivity contribution in [2.45, 2.75) is 31.7 Å². The summed E-state index contributed by atoms with van der Waals surface area (Å²) >= 11 is 1.39. The number of hydrogen-bond donors (Lipinski definition) is 3. The third-order valence-corrected chi connectivity index (χ3v) is 4.30. The van der Waals surface area contributed by atoms with Crippen molar-refractivity contribution < 1.29 is 14.4 Å². The fourth-order valence-corrected chi connectivity index (χ4v) is 3.24. The maximum atomic E-state index is 12.0. The highest BCUT2D eigenvalue weighted by Crippen LogP contribution is 2.29. The molecule has 1 aliphatic carbocycles. The molecular formula is C12H15N3O3S. The predicted molar refractivity (Wildman–Crippen MR) is 70.6 cm³/mol. The Bertz CT molecular complexity index is 501. The molecule has 0 unspecified atom stereocenters. The van der Waals surface area contributed by atoms with Crippen molar-refractivity contribution in [2.75, 3.05) is 0 Å². The topological polar surface area (TPSA) is 115 Å². The van der Waals surface area contributed by atoms with E-state index >= 15 is 0 Å². The molecule has 3 amide bonds. The van der Waals surface area contributed by atoms with E-state index in [1.807, 2.05) is 6.07 Å². The number of rotatable bonds is 4. The fourth-order valence-electron chi connectivity index (χ4n) is 2.09. The summed E-state index contributed by atoms with van der Waals surface area (Å²) in [4.78, 5) is 35.7. The number of hydrogen-bond acceptors (Lipinski definition) is 4. The molecular weight excluding hydrogens is 266 g/mol. The minimum absolute atomic E-state index is 0.484. The van der Waals surface area contributed by atoms with Gasteiger partial charge in [-0.3, -0.25) is 14.4 Å². The normalized spacial score (nSPS) is 13.9. The molecule has 6 nitrogen and oxygen atoms in total. The quantitative estimate of drug-likeness (QED) is 0.658. The second-order valence-corrected chi connectivity index (χ2v) is 5.61. The van der Waals surface area contributed by atoms with Gasteiger partial charge in [0.25, 0.3) is 5.91 Å². The highest BCUT2D eigenvalue weighted by molar-refractivity contribution is 7.14. The lowest BCUT2D eigenvalue weighted by atomic mass is 9.99. The van der Waals surface area contributed by atoms with E-state index in [-0.39, 0.29) is 0 Å². The molecule has 7 heteroatoms. The van der Waals surface area contributed by atoms with E-state index in [0.717, 1.165) is 25.7 Å². The van der Waals surface area contributed by atoms with Crippen LogP contribution < -0.4 is 16.8 Å². The largest absolute Gasteiger partial charge is 0.367 e. The van der Waals surface area contributed by atoms with E-state index < -0.39 is 23.8 Å². The fraction of sp³-hybridized carbons (Fsp3) is 0.417. The molecule has 1 heterocycles. The van der Waals surface area contributed by atoms with E-state index in [0.29, 0.717) is 4.88 Å². The molecule has 1 aliphatic rings. The van der Waals surface area contributed by atoms with Gasteiger partial charge in [-0.25, -0.2) is 0 Å². The van der Waals surface area contributed by atoms with Crippen molar-refractivity contribution >= 4 is 29.1 Å². The molecule has 19 heavy (non-hydrogen) atoms. The first-order chi connectivity index (χ1) is 8.99. The van der Waals surface area contributed by atoms with Crippen LogP contribution in [0.5, 0.6) is 0 Å². The summed E-state index contributed by atoms with van der Waals surface area (Å²) in [6, 6.07) is 0.347. The van der Waals surface area contributed by atoms with Gasteiger partial charge in [-0.1, -0.05) is 0 Å². The zero-order valence-corrected chi connectivity index (χ0v) is 11.1. The van der Waals surface area contributed by atoms with Crippen molar-refractivity contribution in [1.29, 1.82) is 0 Å².